The number of nitrogens with one attached hydrogen (secondary N) is 1. The number of ether oxygens (including phenoxy) is 3. The molecule has 0 unspecified atom stereocenters. The van der Waals surface area contributed by atoms with Gasteiger partial charge in [0.1, 0.15) is 12.7 Å². The Morgan fingerprint density at radius 3 is 1.40 bits per heavy atom. The van der Waals surface area contributed by atoms with Gasteiger partial charge in [-0.15, -0.1) is 0 Å². The SMILES string of the molecule is CCCCCCCCCOC(=O)CCCCCCCN(CCCCCCCC(=O)OC(CCCCCCCC)CCCCCCCC)CCCNC(=O)COCC. The number of hydrogen-bond donors (Lipinski definition) is 1. The molecule has 1 N–H and O–H groups in total. The molecule has 0 aromatic carbocycles. The average molecular weight is 809 g/mol. The molecule has 0 saturated carbocycles. The summed E-state index contributed by atoms with van der Waals surface area (Å²) < 4.78 is 16.7. The van der Waals surface area contributed by atoms with Crippen LogP contribution >= 0.6 is 0 Å². The van der Waals surface area contributed by atoms with Gasteiger partial charge in [0.05, 0.1) is 6.61 Å². The molecular weight excluding hydrogens is 713 g/mol. The molecule has 0 heterocycles. The van der Waals surface area contributed by atoms with Gasteiger partial charge in [0.15, 0.2) is 0 Å². The summed E-state index contributed by atoms with van der Waals surface area (Å²) in [5.74, 6) is -0.0676. The second-order valence-corrected chi connectivity index (χ2v) is 16.8. The van der Waals surface area contributed by atoms with E-state index in [1.165, 1.54) is 122 Å². The van der Waals surface area contributed by atoms with E-state index in [2.05, 4.69) is 31.0 Å². The summed E-state index contributed by atoms with van der Waals surface area (Å²) in [6.07, 6.45) is 39.0. The fourth-order valence-electron chi connectivity index (χ4n) is 7.51. The maximum Gasteiger partial charge on any atom is 0.306 e. The van der Waals surface area contributed by atoms with Gasteiger partial charge in [-0.2, -0.15) is 0 Å². The number of nitrogens with zero attached hydrogens (tertiary/aromatic N) is 1. The minimum Gasteiger partial charge on any atom is -0.466 e. The van der Waals surface area contributed by atoms with Crippen molar-refractivity contribution < 1.29 is 28.6 Å². The van der Waals surface area contributed by atoms with Crippen LogP contribution in [0.5, 0.6) is 0 Å². The van der Waals surface area contributed by atoms with Crippen molar-refractivity contribution >= 4 is 17.8 Å². The average Bonchev–Trinajstić information content (AvgIpc) is 3.20. The molecule has 0 fully saturated rings. The van der Waals surface area contributed by atoms with E-state index in [4.69, 9.17) is 14.2 Å². The molecule has 0 radical (unpaired) electrons. The maximum absolute atomic E-state index is 12.8. The van der Waals surface area contributed by atoms with Crippen LogP contribution in [-0.4, -0.2) is 74.8 Å². The number of carbonyl (C=O) groups excluding carboxylic acids is 3. The molecule has 8 nitrogen and oxygen atoms in total. The smallest absolute Gasteiger partial charge is 0.306 e. The van der Waals surface area contributed by atoms with Gasteiger partial charge < -0.3 is 24.4 Å². The zero-order chi connectivity index (χ0) is 41.7. The predicted molar refractivity (Wildman–Crippen MR) is 241 cm³/mol. The van der Waals surface area contributed by atoms with E-state index in [9.17, 15) is 14.4 Å². The van der Waals surface area contributed by atoms with Crippen molar-refractivity contribution in [2.24, 2.45) is 0 Å². The van der Waals surface area contributed by atoms with Gasteiger partial charge in [-0.05, 0) is 90.8 Å². The first kappa shape index (κ1) is 55.3. The number of esters is 2. The lowest BCUT2D eigenvalue weighted by molar-refractivity contribution is -0.150. The molecule has 0 aromatic rings. The van der Waals surface area contributed by atoms with Gasteiger partial charge in [0.2, 0.25) is 5.91 Å². The van der Waals surface area contributed by atoms with Crippen LogP contribution in [0.3, 0.4) is 0 Å². The van der Waals surface area contributed by atoms with E-state index < -0.39 is 0 Å². The number of unbranched alkanes of at least 4 members (excludes halogenated alkanes) is 24. The summed E-state index contributed by atoms with van der Waals surface area (Å²) in [6, 6.07) is 0. The Bertz CT molecular complexity index is 855. The molecule has 0 bridgehead atoms. The highest BCUT2D eigenvalue weighted by Crippen LogP contribution is 2.19. The predicted octanol–water partition coefficient (Wildman–Crippen LogP) is 13.2. The van der Waals surface area contributed by atoms with Crippen LogP contribution in [0.1, 0.15) is 246 Å². The lowest BCUT2D eigenvalue weighted by atomic mass is 10.0. The minimum absolute atomic E-state index is 0.00947. The Hall–Kier alpha value is -1.67. The molecule has 0 aliphatic heterocycles. The van der Waals surface area contributed by atoms with Crippen LogP contribution < -0.4 is 5.32 Å². The first-order valence-corrected chi connectivity index (χ1v) is 24.9. The highest BCUT2D eigenvalue weighted by molar-refractivity contribution is 5.77. The minimum atomic E-state index is -0.0416. The van der Waals surface area contributed by atoms with Gasteiger partial charge in [0.25, 0.3) is 0 Å². The summed E-state index contributed by atoms with van der Waals surface area (Å²) in [5, 5.41) is 2.98. The van der Waals surface area contributed by atoms with Crippen molar-refractivity contribution in [1.29, 1.82) is 0 Å². The third kappa shape index (κ3) is 42.3. The summed E-state index contributed by atoms with van der Waals surface area (Å²) in [5.41, 5.74) is 0. The molecule has 0 saturated heterocycles. The van der Waals surface area contributed by atoms with Crippen LogP contribution in [-0.2, 0) is 28.6 Å². The largest absolute Gasteiger partial charge is 0.466 e. The Balaban J connectivity index is 4.38. The van der Waals surface area contributed by atoms with Crippen molar-refractivity contribution in [3.63, 3.8) is 0 Å². The zero-order valence-corrected chi connectivity index (χ0v) is 38.5. The van der Waals surface area contributed by atoms with Crippen LogP contribution in [0.15, 0.2) is 0 Å². The van der Waals surface area contributed by atoms with E-state index in [0.29, 0.717) is 32.6 Å². The van der Waals surface area contributed by atoms with Gasteiger partial charge in [0, 0.05) is 26.0 Å². The van der Waals surface area contributed by atoms with Crippen LogP contribution in [0, 0.1) is 0 Å². The van der Waals surface area contributed by atoms with Crippen molar-refractivity contribution in [3.05, 3.63) is 0 Å². The first-order chi connectivity index (χ1) is 28.0. The fraction of sp³-hybridized carbons (Fsp3) is 0.939. The van der Waals surface area contributed by atoms with Crippen molar-refractivity contribution in [3.8, 4) is 0 Å². The standard InChI is InChI=1S/C49H96N2O6/c1-5-9-12-15-18-27-34-44-56-48(53)38-30-23-19-25-32-41-51(43-35-40-50-47(52)45-55-8-4)42-33-26-20-24-31-39-49(54)57-46(36-28-21-16-13-10-6-2)37-29-22-17-14-11-7-3/h46H,5-45H2,1-4H3,(H,50,52). The maximum atomic E-state index is 12.8. The fourth-order valence-corrected chi connectivity index (χ4v) is 7.51. The summed E-state index contributed by atoms with van der Waals surface area (Å²) in [4.78, 5) is 39.4. The lowest BCUT2D eigenvalue weighted by Crippen LogP contribution is -2.33. The Morgan fingerprint density at radius 1 is 0.474 bits per heavy atom. The van der Waals surface area contributed by atoms with E-state index >= 15 is 0 Å². The summed E-state index contributed by atoms with van der Waals surface area (Å²) in [6.45, 7) is 13.7. The molecule has 57 heavy (non-hydrogen) atoms. The quantitative estimate of drug-likeness (QED) is 0.0483. The lowest BCUT2D eigenvalue weighted by Gasteiger charge is -2.22. The Labute approximate surface area is 353 Å². The van der Waals surface area contributed by atoms with E-state index in [-0.39, 0.29) is 30.6 Å². The monoisotopic (exact) mass is 809 g/mol. The molecule has 0 aliphatic rings. The second kappa shape index (κ2) is 45.4. The molecule has 0 aliphatic carbocycles. The topological polar surface area (TPSA) is 94.2 Å². The highest BCUT2D eigenvalue weighted by Gasteiger charge is 2.14. The van der Waals surface area contributed by atoms with Crippen LogP contribution in [0.4, 0.5) is 0 Å². The van der Waals surface area contributed by atoms with Gasteiger partial charge >= 0.3 is 11.9 Å². The molecule has 0 spiro atoms. The molecule has 1 amide bonds. The highest BCUT2D eigenvalue weighted by atomic mass is 16.5. The van der Waals surface area contributed by atoms with Gasteiger partial charge in [-0.25, -0.2) is 0 Å². The number of rotatable bonds is 46. The Kier molecular flexibility index (Phi) is 44.1. The molecular formula is C49H96N2O6. The second-order valence-electron chi connectivity index (χ2n) is 16.8. The molecule has 0 aromatic heterocycles. The Morgan fingerprint density at radius 2 is 0.895 bits per heavy atom. The van der Waals surface area contributed by atoms with Gasteiger partial charge in [-0.1, -0.05) is 162 Å². The summed E-state index contributed by atoms with van der Waals surface area (Å²) in [7, 11) is 0. The molecule has 0 rings (SSSR count). The van der Waals surface area contributed by atoms with Crippen molar-refractivity contribution in [2.45, 2.75) is 252 Å². The van der Waals surface area contributed by atoms with Crippen molar-refractivity contribution in [2.75, 3.05) is 46.0 Å². The molecule has 8 heteroatoms. The summed E-state index contributed by atoms with van der Waals surface area (Å²) >= 11 is 0. The number of hydrogen-bond acceptors (Lipinski definition) is 7. The third-order valence-corrected chi connectivity index (χ3v) is 11.2. The van der Waals surface area contributed by atoms with E-state index in [0.717, 1.165) is 103 Å². The van der Waals surface area contributed by atoms with Gasteiger partial charge in [-0.3, -0.25) is 14.4 Å². The van der Waals surface area contributed by atoms with E-state index in [1.807, 2.05) is 6.92 Å². The normalized spacial score (nSPS) is 11.5. The zero-order valence-electron chi connectivity index (χ0n) is 38.5. The molecule has 0 atom stereocenters. The van der Waals surface area contributed by atoms with Crippen LogP contribution in [0.2, 0.25) is 0 Å². The van der Waals surface area contributed by atoms with Crippen molar-refractivity contribution in [1.82, 2.24) is 10.2 Å². The molecule has 338 valence electrons. The van der Waals surface area contributed by atoms with E-state index in [1.54, 1.807) is 0 Å². The third-order valence-electron chi connectivity index (χ3n) is 11.2. The van der Waals surface area contributed by atoms with Crippen LogP contribution in [0.25, 0.3) is 0 Å². The number of carbonyl (C=O) groups is 3. The first-order valence-electron chi connectivity index (χ1n) is 24.9. The number of amides is 1.